The number of aliphatic imine (C=N–C) groups is 1. The van der Waals surface area contributed by atoms with E-state index in [2.05, 4.69) is 15.0 Å². The Morgan fingerprint density at radius 1 is 1.29 bits per heavy atom. The molecule has 3 aliphatic rings. The molecule has 154 valence electrons. The van der Waals surface area contributed by atoms with Gasteiger partial charge < -0.3 is 19.8 Å². The summed E-state index contributed by atoms with van der Waals surface area (Å²) in [7, 11) is 0. The molecule has 0 aromatic carbocycles. The number of ether oxygens (including phenoxy) is 1. The van der Waals surface area contributed by atoms with Gasteiger partial charge in [0.25, 0.3) is 11.8 Å². The first kappa shape index (κ1) is 19.3. The zero-order chi connectivity index (χ0) is 19.8. The number of anilines is 1. The molecular formula is C19H25F2N4O3-. The molecule has 1 aromatic heterocycles. The summed E-state index contributed by atoms with van der Waals surface area (Å²) < 4.78 is 32.2. The third kappa shape index (κ3) is 4.19. The van der Waals surface area contributed by atoms with E-state index >= 15 is 0 Å². The van der Waals surface area contributed by atoms with Gasteiger partial charge in [0, 0.05) is 5.90 Å². The summed E-state index contributed by atoms with van der Waals surface area (Å²) in [5.74, 6) is -2.52. The van der Waals surface area contributed by atoms with E-state index in [0.29, 0.717) is 25.4 Å². The number of aromatic nitrogens is 2. The number of hydrogen-bond acceptors (Lipinski definition) is 7. The lowest BCUT2D eigenvalue weighted by molar-refractivity contribution is -0.214. The molecule has 3 fully saturated rings. The number of alkyl halides is 2. The summed E-state index contributed by atoms with van der Waals surface area (Å²) in [4.78, 5) is 14.1. The van der Waals surface area contributed by atoms with Crippen LogP contribution in [-0.2, 0) is 0 Å². The van der Waals surface area contributed by atoms with Crippen LogP contribution in [-0.4, -0.2) is 58.7 Å². The normalized spacial score (nSPS) is 24.0. The number of hydrogen-bond donors (Lipinski definition) is 1. The van der Waals surface area contributed by atoms with Crippen molar-refractivity contribution in [1.82, 2.24) is 9.97 Å². The Balaban J connectivity index is 1.57. The fourth-order valence-corrected chi connectivity index (χ4v) is 3.71. The smallest absolute Gasteiger partial charge is 0.282 e. The largest absolute Gasteiger partial charge is 0.857 e. The van der Waals surface area contributed by atoms with Crippen LogP contribution in [0.1, 0.15) is 50.6 Å². The second-order valence-electron chi connectivity index (χ2n) is 8.21. The molecule has 2 heterocycles. The second kappa shape index (κ2) is 7.42. The van der Waals surface area contributed by atoms with Crippen molar-refractivity contribution in [2.45, 2.75) is 56.4 Å². The number of halogens is 2. The van der Waals surface area contributed by atoms with Crippen molar-refractivity contribution in [3.8, 4) is 5.88 Å². The van der Waals surface area contributed by atoms with Gasteiger partial charge in [0.05, 0.1) is 43.7 Å². The maximum atomic E-state index is 13.3. The topological polar surface area (TPSA) is 93.9 Å². The van der Waals surface area contributed by atoms with Gasteiger partial charge in [0.1, 0.15) is 0 Å². The van der Waals surface area contributed by atoms with Gasteiger partial charge in [-0.05, 0) is 31.6 Å². The molecule has 1 N–H and O–H groups in total. The Bertz CT molecular complexity index is 741. The minimum atomic E-state index is -2.74. The van der Waals surface area contributed by atoms with Gasteiger partial charge in [-0.3, -0.25) is 4.99 Å². The van der Waals surface area contributed by atoms with Gasteiger partial charge in [0.2, 0.25) is 0 Å². The summed E-state index contributed by atoms with van der Waals surface area (Å²) in [6.07, 6.45) is 7.62. The van der Waals surface area contributed by atoms with Gasteiger partial charge in [0.15, 0.2) is 5.82 Å². The van der Waals surface area contributed by atoms with Crippen molar-refractivity contribution in [2.24, 2.45) is 10.9 Å². The minimum Gasteiger partial charge on any atom is -0.857 e. The predicted octanol–water partition coefficient (Wildman–Crippen LogP) is 1.52. The summed E-state index contributed by atoms with van der Waals surface area (Å²) >= 11 is 0. The van der Waals surface area contributed by atoms with E-state index in [-0.39, 0.29) is 24.0 Å². The first-order valence-corrected chi connectivity index (χ1v) is 9.90. The zero-order valence-electron chi connectivity index (χ0n) is 15.7. The van der Waals surface area contributed by atoms with E-state index in [1.54, 1.807) is 0 Å². The van der Waals surface area contributed by atoms with Crippen molar-refractivity contribution in [2.75, 3.05) is 31.2 Å². The lowest BCUT2D eigenvalue weighted by Gasteiger charge is -2.39. The average Bonchev–Trinajstić information content (AvgIpc) is 3.49. The summed E-state index contributed by atoms with van der Waals surface area (Å²) in [6, 6.07) is 0. The molecule has 0 unspecified atom stereocenters. The fourth-order valence-electron chi connectivity index (χ4n) is 3.71. The van der Waals surface area contributed by atoms with Crippen molar-refractivity contribution in [3.63, 3.8) is 0 Å². The van der Waals surface area contributed by atoms with E-state index in [0.717, 1.165) is 32.1 Å². The first-order chi connectivity index (χ1) is 13.4. The number of aliphatic hydroxyl groups is 1. The molecule has 0 bridgehead atoms. The molecule has 1 aliphatic heterocycles. The van der Waals surface area contributed by atoms with Crippen LogP contribution in [0.3, 0.4) is 0 Å². The molecule has 0 radical (unpaired) electrons. The molecule has 0 atom stereocenters. The first-order valence-electron chi connectivity index (χ1n) is 9.90. The van der Waals surface area contributed by atoms with Gasteiger partial charge in [-0.25, -0.2) is 18.7 Å². The molecule has 4 rings (SSSR count). The van der Waals surface area contributed by atoms with Crippen LogP contribution >= 0.6 is 0 Å². The second-order valence-corrected chi connectivity index (χ2v) is 8.21. The average molecular weight is 395 g/mol. The van der Waals surface area contributed by atoms with Crippen LogP contribution in [0.15, 0.2) is 11.2 Å². The molecule has 0 spiro atoms. The summed E-state index contributed by atoms with van der Waals surface area (Å²) in [6.45, 7) is -0.626. The highest BCUT2D eigenvalue weighted by atomic mass is 19.3. The standard InChI is InChI=1S/C19H26F2N4O3/c20-19(21)10-25(11-19)15-17(28-9-13-4-5-13)23-14(8-22-15)16(27)24-18(12-26)6-2-1-3-7-18/h8,13,26H,1-7,9-12H2,(H,24,27)/p-1. The van der Waals surface area contributed by atoms with Crippen molar-refractivity contribution in [1.29, 1.82) is 0 Å². The van der Waals surface area contributed by atoms with Crippen molar-refractivity contribution < 1.29 is 23.7 Å². The number of nitrogens with zero attached hydrogens (tertiary/aromatic N) is 4. The highest BCUT2D eigenvalue weighted by Gasteiger charge is 2.46. The fraction of sp³-hybridized carbons (Fsp3) is 0.737. The molecule has 7 nitrogen and oxygen atoms in total. The number of aliphatic hydroxyl groups excluding tert-OH is 1. The summed E-state index contributed by atoms with van der Waals surface area (Å²) in [5, 5.41) is 22.4. The Hall–Kier alpha value is -2.03. The Morgan fingerprint density at radius 2 is 2.00 bits per heavy atom. The zero-order valence-corrected chi connectivity index (χ0v) is 15.7. The molecule has 2 saturated carbocycles. The van der Waals surface area contributed by atoms with Crippen LogP contribution < -0.4 is 14.7 Å². The molecular weight excluding hydrogens is 370 g/mol. The van der Waals surface area contributed by atoms with Crippen LogP contribution in [0.25, 0.3) is 0 Å². The van der Waals surface area contributed by atoms with Crippen LogP contribution in [0.5, 0.6) is 5.88 Å². The highest BCUT2D eigenvalue weighted by Crippen LogP contribution is 2.37. The highest BCUT2D eigenvalue weighted by molar-refractivity contribution is 5.89. The third-order valence-corrected chi connectivity index (χ3v) is 5.66. The maximum Gasteiger partial charge on any atom is 0.282 e. The maximum absolute atomic E-state index is 13.3. The van der Waals surface area contributed by atoms with E-state index < -0.39 is 30.4 Å². The minimum absolute atomic E-state index is 0.0141. The Kier molecular flexibility index (Phi) is 5.11. The Labute approximate surface area is 162 Å². The monoisotopic (exact) mass is 395 g/mol. The molecule has 0 amide bonds. The van der Waals surface area contributed by atoms with Gasteiger partial charge in [-0.2, -0.15) is 0 Å². The lowest BCUT2D eigenvalue weighted by Crippen LogP contribution is -2.56. The van der Waals surface area contributed by atoms with Gasteiger partial charge >= 0.3 is 0 Å². The predicted molar refractivity (Wildman–Crippen MR) is 96.8 cm³/mol. The van der Waals surface area contributed by atoms with E-state index in [9.17, 15) is 19.0 Å². The summed E-state index contributed by atoms with van der Waals surface area (Å²) in [5.41, 5.74) is -0.746. The van der Waals surface area contributed by atoms with Crippen molar-refractivity contribution >= 4 is 11.7 Å². The van der Waals surface area contributed by atoms with Crippen LogP contribution in [0, 0.1) is 5.92 Å². The van der Waals surface area contributed by atoms with E-state index in [4.69, 9.17) is 4.74 Å². The molecule has 1 aromatic rings. The van der Waals surface area contributed by atoms with Gasteiger partial charge in [-0.1, -0.05) is 19.3 Å². The molecule has 9 heteroatoms. The lowest BCUT2D eigenvalue weighted by atomic mass is 9.83. The molecule has 28 heavy (non-hydrogen) atoms. The van der Waals surface area contributed by atoms with Crippen LogP contribution in [0.4, 0.5) is 14.6 Å². The van der Waals surface area contributed by atoms with Crippen molar-refractivity contribution in [3.05, 3.63) is 11.9 Å². The molecule has 2 aliphatic carbocycles. The molecule has 1 saturated heterocycles. The SMILES string of the molecule is [O-]C(=NC1(CO)CCCCC1)c1cnc(N2CC(F)(F)C2)c(OCC2CC2)n1. The third-order valence-electron chi connectivity index (χ3n) is 5.66. The van der Waals surface area contributed by atoms with E-state index in [1.807, 2.05) is 0 Å². The quantitative estimate of drug-likeness (QED) is 0.556. The number of rotatable bonds is 7. The van der Waals surface area contributed by atoms with Crippen LogP contribution in [0.2, 0.25) is 0 Å². The Morgan fingerprint density at radius 3 is 2.61 bits per heavy atom. The van der Waals surface area contributed by atoms with E-state index in [1.165, 1.54) is 11.1 Å². The van der Waals surface area contributed by atoms with Gasteiger partial charge in [-0.15, -0.1) is 0 Å².